The van der Waals surface area contributed by atoms with E-state index in [2.05, 4.69) is 5.10 Å². The van der Waals surface area contributed by atoms with E-state index in [1.807, 2.05) is 31.2 Å². The van der Waals surface area contributed by atoms with Gasteiger partial charge in [0.25, 0.3) is 5.91 Å². The lowest BCUT2D eigenvalue weighted by molar-refractivity contribution is -0.114. The number of anilines is 1. The van der Waals surface area contributed by atoms with Crippen LogP contribution in [-0.4, -0.2) is 21.8 Å². The zero-order chi connectivity index (χ0) is 16.6. The van der Waals surface area contributed by atoms with Crippen LogP contribution in [0.4, 0.5) is 5.69 Å². The molecule has 3 rings (SSSR count). The quantitative estimate of drug-likeness (QED) is 0.661. The molecule has 2 N–H and O–H groups in total. The van der Waals surface area contributed by atoms with Crippen LogP contribution in [-0.2, 0) is 4.79 Å². The molecule has 0 fully saturated rings. The van der Waals surface area contributed by atoms with E-state index in [-0.39, 0.29) is 17.4 Å². The molecule has 0 bridgehead atoms. The molecular weight excluding hydrogens is 292 g/mol. The molecule has 0 unspecified atom stereocenters. The monoisotopic (exact) mass is 308 g/mol. The van der Waals surface area contributed by atoms with Gasteiger partial charge < -0.3 is 10.2 Å². The Morgan fingerprint density at radius 2 is 1.70 bits per heavy atom. The molecule has 116 valence electrons. The van der Waals surface area contributed by atoms with E-state index in [0.29, 0.717) is 22.5 Å². The van der Waals surface area contributed by atoms with Crippen molar-refractivity contribution in [3.8, 4) is 11.5 Å². The Balaban J connectivity index is 1.94. The lowest BCUT2D eigenvalue weighted by Crippen LogP contribution is -2.21. The highest BCUT2D eigenvalue weighted by Gasteiger charge is 2.28. The van der Waals surface area contributed by atoms with Gasteiger partial charge in [-0.25, -0.2) is 0 Å². The number of nitrogens with zero attached hydrogens (tertiary/aromatic N) is 2. The van der Waals surface area contributed by atoms with Gasteiger partial charge in [-0.15, -0.1) is 0 Å². The first kappa shape index (κ1) is 14.8. The van der Waals surface area contributed by atoms with Crippen LogP contribution in [0.2, 0.25) is 0 Å². The summed E-state index contributed by atoms with van der Waals surface area (Å²) in [6.07, 6.45) is 1.65. The van der Waals surface area contributed by atoms with Crippen molar-refractivity contribution in [2.75, 3.05) is 5.01 Å². The number of phenols is 2. The van der Waals surface area contributed by atoms with Gasteiger partial charge in [0.15, 0.2) is 11.5 Å². The Morgan fingerprint density at radius 1 is 1.00 bits per heavy atom. The fourth-order valence-electron chi connectivity index (χ4n) is 2.34. The summed E-state index contributed by atoms with van der Waals surface area (Å²) in [7, 11) is 0. The number of hydrazone groups is 1. The van der Waals surface area contributed by atoms with E-state index in [0.717, 1.165) is 5.56 Å². The van der Waals surface area contributed by atoms with Crippen molar-refractivity contribution >= 4 is 23.4 Å². The van der Waals surface area contributed by atoms with Gasteiger partial charge >= 0.3 is 0 Å². The Bertz CT molecular complexity index is 836. The number of carbonyl (C=O) groups is 1. The molecule has 0 atom stereocenters. The zero-order valence-corrected chi connectivity index (χ0v) is 12.8. The van der Waals surface area contributed by atoms with E-state index in [4.69, 9.17) is 0 Å². The van der Waals surface area contributed by atoms with Gasteiger partial charge in [-0.05, 0) is 49.8 Å². The summed E-state index contributed by atoms with van der Waals surface area (Å²) in [4.78, 5) is 12.6. The first-order valence-corrected chi connectivity index (χ1v) is 7.16. The third-order valence-electron chi connectivity index (χ3n) is 3.65. The van der Waals surface area contributed by atoms with Crippen LogP contribution in [0.3, 0.4) is 0 Å². The number of amides is 1. The van der Waals surface area contributed by atoms with Crippen molar-refractivity contribution in [1.82, 2.24) is 0 Å². The predicted octanol–water partition coefficient (Wildman–Crippen LogP) is 3.21. The molecule has 2 aromatic rings. The van der Waals surface area contributed by atoms with Gasteiger partial charge in [0.1, 0.15) is 0 Å². The lowest BCUT2D eigenvalue weighted by Gasteiger charge is -2.11. The van der Waals surface area contributed by atoms with Gasteiger partial charge in [0.2, 0.25) is 0 Å². The SMILES string of the molecule is CC1=NN(c2ccc(C)cc2)C(=O)/C1=C/c1ccc(O)c(O)c1. The van der Waals surface area contributed by atoms with Gasteiger partial charge in [-0.3, -0.25) is 4.79 Å². The normalized spacial score (nSPS) is 16.1. The molecule has 1 aliphatic heterocycles. The second-order valence-corrected chi connectivity index (χ2v) is 5.44. The maximum atomic E-state index is 12.6. The minimum Gasteiger partial charge on any atom is -0.504 e. The van der Waals surface area contributed by atoms with Crippen LogP contribution in [0, 0.1) is 6.92 Å². The molecule has 23 heavy (non-hydrogen) atoms. The number of rotatable bonds is 2. The van der Waals surface area contributed by atoms with E-state index in [9.17, 15) is 15.0 Å². The largest absolute Gasteiger partial charge is 0.504 e. The van der Waals surface area contributed by atoms with Crippen molar-refractivity contribution in [3.63, 3.8) is 0 Å². The van der Waals surface area contributed by atoms with Crippen LogP contribution < -0.4 is 5.01 Å². The van der Waals surface area contributed by atoms with E-state index in [1.165, 1.54) is 17.1 Å². The molecule has 0 radical (unpaired) electrons. The Hall–Kier alpha value is -3.08. The van der Waals surface area contributed by atoms with E-state index >= 15 is 0 Å². The van der Waals surface area contributed by atoms with Gasteiger partial charge in [-0.2, -0.15) is 10.1 Å². The number of carbonyl (C=O) groups excluding carboxylic acids is 1. The summed E-state index contributed by atoms with van der Waals surface area (Å²) in [5, 5.41) is 24.6. The molecule has 0 aromatic heterocycles. The predicted molar refractivity (Wildman–Crippen MR) is 89.5 cm³/mol. The third-order valence-corrected chi connectivity index (χ3v) is 3.65. The molecule has 5 heteroatoms. The maximum absolute atomic E-state index is 12.6. The maximum Gasteiger partial charge on any atom is 0.280 e. The molecule has 1 aliphatic rings. The number of phenolic OH excluding ortho intramolecular Hbond substituents is 2. The number of aryl methyl sites for hydroxylation is 1. The summed E-state index contributed by atoms with van der Waals surface area (Å²) in [6.45, 7) is 3.74. The van der Waals surface area contributed by atoms with E-state index < -0.39 is 0 Å². The summed E-state index contributed by atoms with van der Waals surface area (Å²) in [5.41, 5.74) is 3.48. The number of hydrogen-bond donors (Lipinski definition) is 2. The summed E-state index contributed by atoms with van der Waals surface area (Å²) in [6, 6.07) is 11.9. The fourth-order valence-corrected chi connectivity index (χ4v) is 2.34. The molecule has 0 saturated carbocycles. The van der Waals surface area contributed by atoms with Crippen LogP contribution in [0.25, 0.3) is 6.08 Å². The van der Waals surface area contributed by atoms with Crippen molar-refractivity contribution < 1.29 is 15.0 Å². The Morgan fingerprint density at radius 3 is 2.35 bits per heavy atom. The van der Waals surface area contributed by atoms with Crippen molar-refractivity contribution in [1.29, 1.82) is 0 Å². The number of benzene rings is 2. The van der Waals surface area contributed by atoms with Crippen LogP contribution in [0.5, 0.6) is 11.5 Å². The Kier molecular flexibility index (Phi) is 3.62. The second kappa shape index (κ2) is 5.61. The number of hydrogen-bond acceptors (Lipinski definition) is 4. The standard InChI is InChI=1S/C18H16N2O3/c1-11-3-6-14(7-4-11)20-18(23)15(12(2)19-20)9-13-5-8-16(21)17(22)10-13/h3-10,21-22H,1-2H3/b15-9+. The summed E-state index contributed by atoms with van der Waals surface area (Å²) < 4.78 is 0. The fraction of sp³-hybridized carbons (Fsp3) is 0.111. The van der Waals surface area contributed by atoms with Crippen molar-refractivity contribution in [3.05, 3.63) is 59.2 Å². The molecule has 5 nitrogen and oxygen atoms in total. The molecule has 1 amide bonds. The van der Waals surface area contributed by atoms with Crippen LogP contribution in [0.15, 0.2) is 53.1 Å². The van der Waals surface area contributed by atoms with Crippen molar-refractivity contribution in [2.24, 2.45) is 5.10 Å². The van der Waals surface area contributed by atoms with Gasteiger partial charge in [0, 0.05) is 0 Å². The molecule has 0 saturated heterocycles. The first-order valence-electron chi connectivity index (χ1n) is 7.16. The highest BCUT2D eigenvalue weighted by atomic mass is 16.3. The minimum absolute atomic E-state index is 0.198. The topological polar surface area (TPSA) is 73.1 Å². The third kappa shape index (κ3) is 2.81. The highest BCUT2D eigenvalue weighted by molar-refractivity contribution is 6.32. The van der Waals surface area contributed by atoms with Gasteiger partial charge in [-0.1, -0.05) is 23.8 Å². The smallest absolute Gasteiger partial charge is 0.280 e. The van der Waals surface area contributed by atoms with Crippen molar-refractivity contribution in [2.45, 2.75) is 13.8 Å². The lowest BCUT2D eigenvalue weighted by atomic mass is 10.1. The van der Waals surface area contributed by atoms with Crippen LogP contribution >= 0.6 is 0 Å². The molecule has 0 aliphatic carbocycles. The first-order chi connectivity index (χ1) is 11.0. The average Bonchev–Trinajstić information content (AvgIpc) is 2.80. The summed E-state index contributed by atoms with van der Waals surface area (Å²) >= 11 is 0. The molecule has 0 spiro atoms. The molecule has 2 aromatic carbocycles. The zero-order valence-electron chi connectivity index (χ0n) is 12.8. The summed E-state index contributed by atoms with van der Waals surface area (Å²) in [5.74, 6) is -0.648. The minimum atomic E-state index is -0.227. The Labute approximate surface area is 133 Å². The molecule has 1 heterocycles. The van der Waals surface area contributed by atoms with Crippen LogP contribution in [0.1, 0.15) is 18.1 Å². The van der Waals surface area contributed by atoms with Gasteiger partial charge in [0.05, 0.1) is 17.0 Å². The highest BCUT2D eigenvalue weighted by Crippen LogP contribution is 2.28. The number of aromatic hydroxyl groups is 2. The molecular formula is C18H16N2O3. The second-order valence-electron chi connectivity index (χ2n) is 5.44. The van der Waals surface area contributed by atoms with E-state index in [1.54, 1.807) is 19.1 Å². The average molecular weight is 308 g/mol.